The van der Waals surface area contributed by atoms with Crippen LogP contribution in [-0.4, -0.2) is 20.6 Å². The second-order valence-corrected chi connectivity index (χ2v) is 2.93. The van der Waals surface area contributed by atoms with E-state index in [2.05, 4.69) is 9.97 Å². The first-order chi connectivity index (χ1) is 5.42. The molecule has 0 spiro atoms. The van der Waals surface area contributed by atoms with E-state index >= 15 is 0 Å². The molecule has 3 nitrogen and oxygen atoms in total. The maximum Gasteiger partial charge on any atom is 0.156 e. The van der Waals surface area contributed by atoms with Gasteiger partial charge in [0.1, 0.15) is 0 Å². The molecule has 0 radical (unpaired) electrons. The summed E-state index contributed by atoms with van der Waals surface area (Å²) in [6, 6.07) is 0. The zero-order chi connectivity index (χ0) is 7.68. The van der Waals surface area contributed by atoms with Gasteiger partial charge >= 0.3 is 0 Å². The highest BCUT2D eigenvalue weighted by Crippen LogP contribution is 2.14. The number of fused-ring (bicyclic) bond motifs is 1. The third kappa shape index (κ3) is 0.991. The van der Waals surface area contributed by atoms with Gasteiger partial charge < -0.3 is 0 Å². The highest BCUT2D eigenvalue weighted by molar-refractivity contribution is 7.98. The van der Waals surface area contributed by atoms with E-state index in [0.29, 0.717) is 0 Å². The quantitative estimate of drug-likeness (QED) is 0.599. The molecule has 0 atom stereocenters. The number of imidazole rings is 1. The van der Waals surface area contributed by atoms with Gasteiger partial charge in [0.05, 0.1) is 17.4 Å². The lowest BCUT2D eigenvalue weighted by molar-refractivity contribution is 1.03. The van der Waals surface area contributed by atoms with Crippen LogP contribution >= 0.6 is 11.8 Å². The minimum atomic E-state index is 0.900. The molecule has 0 unspecified atom stereocenters. The fraction of sp³-hybridized carbons (Fsp3) is 0.143. The molecule has 2 aromatic heterocycles. The summed E-state index contributed by atoms with van der Waals surface area (Å²) in [5.74, 6) is 0. The number of rotatable bonds is 1. The molecule has 4 heteroatoms. The van der Waals surface area contributed by atoms with E-state index in [1.54, 1.807) is 24.2 Å². The van der Waals surface area contributed by atoms with Gasteiger partial charge in [0, 0.05) is 12.4 Å². The lowest BCUT2D eigenvalue weighted by atomic mass is 10.7. The first-order valence-corrected chi connectivity index (χ1v) is 4.45. The third-order valence-corrected chi connectivity index (χ3v) is 2.21. The van der Waals surface area contributed by atoms with Crippen molar-refractivity contribution in [2.45, 2.75) is 5.03 Å². The summed E-state index contributed by atoms with van der Waals surface area (Å²) in [5, 5.41) is 1.14. The van der Waals surface area contributed by atoms with Gasteiger partial charge in [0.15, 0.2) is 5.65 Å². The molecule has 11 heavy (non-hydrogen) atoms. The van der Waals surface area contributed by atoms with Crippen molar-refractivity contribution in [3.8, 4) is 0 Å². The van der Waals surface area contributed by atoms with E-state index < -0.39 is 0 Å². The van der Waals surface area contributed by atoms with E-state index in [0.717, 1.165) is 10.7 Å². The Bertz CT molecular complexity index is 368. The fourth-order valence-corrected chi connectivity index (χ4v) is 1.48. The number of hydrogen-bond acceptors (Lipinski definition) is 3. The summed E-state index contributed by atoms with van der Waals surface area (Å²) >= 11 is 1.68. The Morgan fingerprint density at radius 3 is 3.18 bits per heavy atom. The molecule has 0 saturated heterocycles. The molecule has 2 aromatic rings. The molecule has 2 heterocycles. The molecule has 0 fully saturated rings. The van der Waals surface area contributed by atoms with Gasteiger partial charge in [0.2, 0.25) is 0 Å². The maximum absolute atomic E-state index is 4.17. The second kappa shape index (κ2) is 2.54. The highest BCUT2D eigenvalue weighted by atomic mass is 32.2. The summed E-state index contributed by atoms with van der Waals surface area (Å²) in [7, 11) is 0. The van der Waals surface area contributed by atoms with Crippen molar-refractivity contribution in [1.82, 2.24) is 14.4 Å². The molecular formula is C7H7N3S. The fourth-order valence-electron chi connectivity index (χ4n) is 0.970. The van der Waals surface area contributed by atoms with Gasteiger partial charge in [-0.25, -0.2) is 4.98 Å². The number of aromatic nitrogens is 3. The van der Waals surface area contributed by atoms with E-state index in [9.17, 15) is 0 Å². The third-order valence-electron chi connectivity index (χ3n) is 1.49. The van der Waals surface area contributed by atoms with Gasteiger partial charge in [-0.05, 0) is 6.26 Å². The minimum absolute atomic E-state index is 0.900. The van der Waals surface area contributed by atoms with E-state index in [1.807, 2.05) is 23.1 Å². The van der Waals surface area contributed by atoms with Gasteiger partial charge in [0.25, 0.3) is 0 Å². The molecule has 0 aromatic carbocycles. The van der Waals surface area contributed by atoms with Gasteiger partial charge in [-0.3, -0.25) is 9.38 Å². The smallest absolute Gasteiger partial charge is 0.156 e. The van der Waals surface area contributed by atoms with E-state index in [-0.39, 0.29) is 0 Å². The topological polar surface area (TPSA) is 30.2 Å². The molecule has 0 aliphatic heterocycles. The molecule has 2 rings (SSSR count). The molecule has 56 valence electrons. The van der Waals surface area contributed by atoms with Gasteiger partial charge in [-0.1, -0.05) is 0 Å². The van der Waals surface area contributed by atoms with Gasteiger partial charge in [-0.2, -0.15) is 0 Å². The summed E-state index contributed by atoms with van der Waals surface area (Å²) in [6.07, 6.45) is 9.30. The lowest BCUT2D eigenvalue weighted by Crippen LogP contribution is -1.85. The van der Waals surface area contributed by atoms with Crippen molar-refractivity contribution in [3.63, 3.8) is 0 Å². The molecule has 0 aliphatic carbocycles. The molecule has 0 aliphatic rings. The summed E-state index contributed by atoms with van der Waals surface area (Å²) < 4.78 is 2.01. The van der Waals surface area contributed by atoms with Crippen molar-refractivity contribution in [2.75, 3.05) is 6.26 Å². The van der Waals surface area contributed by atoms with Crippen molar-refractivity contribution in [1.29, 1.82) is 0 Å². The zero-order valence-corrected chi connectivity index (χ0v) is 6.88. The average Bonchev–Trinajstić information content (AvgIpc) is 2.47. The average molecular weight is 165 g/mol. The largest absolute Gasteiger partial charge is 0.292 e. The first-order valence-electron chi connectivity index (χ1n) is 3.23. The van der Waals surface area contributed by atoms with Crippen molar-refractivity contribution in [2.24, 2.45) is 0 Å². The Balaban J connectivity index is 2.76. The molecule has 0 bridgehead atoms. The van der Waals surface area contributed by atoms with Crippen LogP contribution in [0.3, 0.4) is 0 Å². The van der Waals surface area contributed by atoms with E-state index in [4.69, 9.17) is 0 Å². The Morgan fingerprint density at radius 2 is 2.36 bits per heavy atom. The van der Waals surface area contributed by atoms with Crippen LogP contribution in [0.2, 0.25) is 0 Å². The Morgan fingerprint density at radius 1 is 1.45 bits per heavy atom. The van der Waals surface area contributed by atoms with Crippen molar-refractivity contribution < 1.29 is 0 Å². The predicted octanol–water partition coefficient (Wildman–Crippen LogP) is 1.45. The zero-order valence-electron chi connectivity index (χ0n) is 6.06. The van der Waals surface area contributed by atoms with Crippen LogP contribution in [0.1, 0.15) is 0 Å². The van der Waals surface area contributed by atoms with Crippen LogP contribution in [0.15, 0.2) is 29.8 Å². The van der Waals surface area contributed by atoms with E-state index in [1.165, 1.54) is 0 Å². The lowest BCUT2D eigenvalue weighted by Gasteiger charge is -1.93. The SMILES string of the molecule is CSc1cnc2cnccn12. The monoisotopic (exact) mass is 165 g/mol. The highest BCUT2D eigenvalue weighted by Gasteiger charge is 1.98. The van der Waals surface area contributed by atoms with Crippen LogP contribution < -0.4 is 0 Å². The molecule has 0 amide bonds. The Labute approximate surface area is 68.5 Å². The maximum atomic E-state index is 4.17. The van der Waals surface area contributed by atoms with Gasteiger partial charge in [-0.15, -0.1) is 11.8 Å². The van der Waals surface area contributed by atoms with Crippen LogP contribution in [-0.2, 0) is 0 Å². The Hall–Kier alpha value is -1.03. The number of nitrogens with zero attached hydrogens (tertiary/aromatic N) is 3. The Kier molecular flexibility index (Phi) is 1.54. The normalized spacial score (nSPS) is 10.6. The van der Waals surface area contributed by atoms with Crippen molar-refractivity contribution >= 4 is 17.4 Å². The molecular weight excluding hydrogens is 158 g/mol. The number of thioether (sulfide) groups is 1. The molecule has 0 N–H and O–H groups in total. The minimum Gasteiger partial charge on any atom is -0.292 e. The summed E-state index contributed by atoms with van der Waals surface area (Å²) in [4.78, 5) is 8.14. The predicted molar refractivity (Wildman–Crippen MR) is 44.8 cm³/mol. The van der Waals surface area contributed by atoms with Crippen LogP contribution in [0.4, 0.5) is 0 Å². The summed E-state index contributed by atoms with van der Waals surface area (Å²) in [5.41, 5.74) is 0.900. The first kappa shape index (κ1) is 6.67. The standard InChI is InChI=1S/C7H7N3S/c1-11-7-5-9-6-4-8-2-3-10(6)7/h2-5H,1H3. The van der Waals surface area contributed by atoms with Crippen LogP contribution in [0, 0.1) is 0 Å². The second-order valence-electron chi connectivity index (χ2n) is 2.11. The number of hydrogen-bond donors (Lipinski definition) is 0. The molecule has 0 saturated carbocycles. The van der Waals surface area contributed by atoms with Crippen LogP contribution in [0.25, 0.3) is 5.65 Å². The van der Waals surface area contributed by atoms with Crippen molar-refractivity contribution in [3.05, 3.63) is 24.8 Å². The summed E-state index contributed by atoms with van der Waals surface area (Å²) in [6.45, 7) is 0. The van der Waals surface area contributed by atoms with Crippen LogP contribution in [0.5, 0.6) is 0 Å².